The predicted octanol–water partition coefficient (Wildman–Crippen LogP) is 2.64. The normalized spacial score (nSPS) is 10.8. The van der Waals surface area contributed by atoms with Crippen molar-refractivity contribution in [2.75, 3.05) is 38.7 Å². The Balaban J connectivity index is 2.22. The van der Waals surface area contributed by atoms with Crippen LogP contribution in [0.2, 0.25) is 0 Å². The fourth-order valence-corrected chi connectivity index (χ4v) is 3.36. The molecule has 0 atom stereocenters. The fourth-order valence-electron chi connectivity index (χ4n) is 1.32. The molecule has 0 bridgehead atoms. The molecule has 20 heavy (non-hydrogen) atoms. The lowest BCUT2D eigenvalue weighted by Crippen LogP contribution is -2.26. The van der Waals surface area contributed by atoms with Crippen molar-refractivity contribution in [3.8, 4) is 0 Å². The molecule has 0 heterocycles. The molecule has 0 aliphatic heterocycles. The maximum Gasteiger partial charge on any atom is 0.254 e. The van der Waals surface area contributed by atoms with Crippen molar-refractivity contribution in [3.63, 3.8) is 0 Å². The van der Waals surface area contributed by atoms with Gasteiger partial charge in [0.25, 0.3) is 5.91 Å². The van der Waals surface area contributed by atoms with Gasteiger partial charge in [0.1, 0.15) is 0 Å². The number of hydrogen-bond acceptors (Lipinski definition) is 4. The minimum absolute atomic E-state index is 0.254. The van der Waals surface area contributed by atoms with Crippen LogP contribution >= 0.6 is 21.6 Å². The highest BCUT2D eigenvalue weighted by Crippen LogP contribution is 2.19. The average Bonchev–Trinajstić information content (AvgIpc) is 2.40. The van der Waals surface area contributed by atoms with E-state index < -0.39 is 17.5 Å². The smallest absolute Gasteiger partial charge is 0.254 e. The van der Waals surface area contributed by atoms with Crippen molar-refractivity contribution in [1.82, 2.24) is 10.2 Å². The molecule has 0 aromatic heterocycles. The molecule has 0 unspecified atom stereocenters. The van der Waals surface area contributed by atoms with E-state index in [0.29, 0.717) is 6.54 Å². The molecular formula is C13H18F2N2OS2. The van der Waals surface area contributed by atoms with Crippen molar-refractivity contribution in [2.45, 2.75) is 0 Å². The Bertz CT molecular complexity index is 444. The minimum atomic E-state index is -1.10. The molecule has 0 aliphatic rings. The van der Waals surface area contributed by atoms with Crippen LogP contribution in [0.4, 0.5) is 8.78 Å². The third kappa shape index (κ3) is 6.11. The molecule has 1 aromatic carbocycles. The summed E-state index contributed by atoms with van der Waals surface area (Å²) in [5.74, 6) is -0.963. The van der Waals surface area contributed by atoms with Crippen LogP contribution in [0, 0.1) is 11.6 Å². The van der Waals surface area contributed by atoms with Crippen molar-refractivity contribution in [1.29, 1.82) is 0 Å². The van der Waals surface area contributed by atoms with Gasteiger partial charge in [-0.15, -0.1) is 0 Å². The topological polar surface area (TPSA) is 32.3 Å². The maximum absolute atomic E-state index is 13.4. The molecule has 1 N–H and O–H groups in total. The number of nitrogens with zero attached hydrogens (tertiary/aromatic N) is 1. The fraction of sp³-hybridized carbons (Fsp3) is 0.462. The summed E-state index contributed by atoms with van der Waals surface area (Å²) in [6.07, 6.45) is 0. The monoisotopic (exact) mass is 320 g/mol. The second-order valence-corrected chi connectivity index (χ2v) is 7.01. The number of rotatable bonds is 8. The van der Waals surface area contributed by atoms with E-state index in [2.05, 4.69) is 10.2 Å². The minimum Gasteiger partial charge on any atom is -0.351 e. The Morgan fingerprint density at radius 2 is 1.95 bits per heavy atom. The molecule has 1 rings (SSSR count). The second-order valence-electron chi connectivity index (χ2n) is 4.30. The number of carbonyl (C=O) groups excluding carboxylic acids is 1. The number of halogens is 2. The molecule has 112 valence electrons. The molecular weight excluding hydrogens is 302 g/mol. The number of hydrogen-bond donors (Lipinski definition) is 1. The Kier molecular flexibility index (Phi) is 7.94. The summed E-state index contributed by atoms with van der Waals surface area (Å²) >= 11 is 0. The standard InChI is InChI=1S/C13H18F2N2OS2/c1-17(2)7-9-20-19-8-6-16-13(18)10-4-3-5-11(14)12(10)15/h3-5H,6-9H2,1-2H3,(H,16,18). The molecule has 0 spiro atoms. The van der Waals surface area contributed by atoms with Gasteiger partial charge >= 0.3 is 0 Å². The highest BCUT2D eigenvalue weighted by molar-refractivity contribution is 8.76. The van der Waals surface area contributed by atoms with Gasteiger partial charge < -0.3 is 10.2 Å². The zero-order chi connectivity index (χ0) is 15.0. The molecule has 0 fully saturated rings. The van der Waals surface area contributed by atoms with Gasteiger partial charge in [0, 0.05) is 24.6 Å². The van der Waals surface area contributed by atoms with E-state index in [-0.39, 0.29) is 5.56 Å². The summed E-state index contributed by atoms with van der Waals surface area (Å²) in [6, 6.07) is 3.58. The first-order valence-corrected chi connectivity index (χ1v) is 8.62. The van der Waals surface area contributed by atoms with Crippen LogP contribution in [0.15, 0.2) is 18.2 Å². The molecule has 0 saturated heterocycles. The van der Waals surface area contributed by atoms with Gasteiger partial charge in [-0.05, 0) is 26.2 Å². The lowest BCUT2D eigenvalue weighted by molar-refractivity contribution is 0.0951. The number of amides is 1. The average molecular weight is 320 g/mol. The lowest BCUT2D eigenvalue weighted by atomic mass is 10.2. The van der Waals surface area contributed by atoms with Crippen LogP contribution < -0.4 is 5.32 Å². The zero-order valence-electron chi connectivity index (χ0n) is 11.5. The van der Waals surface area contributed by atoms with E-state index in [1.165, 1.54) is 12.1 Å². The summed E-state index contributed by atoms with van der Waals surface area (Å²) in [6.45, 7) is 1.42. The van der Waals surface area contributed by atoms with E-state index in [9.17, 15) is 13.6 Å². The first-order chi connectivity index (χ1) is 9.52. The van der Waals surface area contributed by atoms with Gasteiger partial charge in [0.15, 0.2) is 11.6 Å². The van der Waals surface area contributed by atoms with Gasteiger partial charge in [-0.25, -0.2) is 8.78 Å². The summed E-state index contributed by atoms with van der Waals surface area (Å²) in [5, 5.41) is 2.58. The van der Waals surface area contributed by atoms with Crippen LogP contribution in [-0.4, -0.2) is 49.5 Å². The van der Waals surface area contributed by atoms with Crippen molar-refractivity contribution in [3.05, 3.63) is 35.4 Å². The lowest BCUT2D eigenvalue weighted by Gasteiger charge is -2.08. The molecule has 0 saturated carbocycles. The van der Waals surface area contributed by atoms with E-state index in [4.69, 9.17) is 0 Å². The Labute approximate surface area is 125 Å². The van der Waals surface area contributed by atoms with Crippen LogP contribution in [0.3, 0.4) is 0 Å². The van der Waals surface area contributed by atoms with E-state index in [1.807, 2.05) is 14.1 Å². The molecule has 0 aliphatic carbocycles. The second kappa shape index (κ2) is 9.20. The van der Waals surface area contributed by atoms with Crippen LogP contribution in [0.1, 0.15) is 10.4 Å². The zero-order valence-corrected chi connectivity index (χ0v) is 13.1. The predicted molar refractivity (Wildman–Crippen MR) is 82.2 cm³/mol. The highest BCUT2D eigenvalue weighted by Gasteiger charge is 2.14. The summed E-state index contributed by atoms with van der Waals surface area (Å²) in [7, 11) is 7.40. The first-order valence-electron chi connectivity index (χ1n) is 6.13. The highest BCUT2D eigenvalue weighted by atomic mass is 33.1. The Morgan fingerprint density at radius 3 is 2.65 bits per heavy atom. The first kappa shape index (κ1) is 17.3. The van der Waals surface area contributed by atoms with Gasteiger partial charge in [-0.3, -0.25) is 4.79 Å². The molecule has 1 amide bonds. The third-order valence-corrected chi connectivity index (χ3v) is 4.76. The molecule has 3 nitrogen and oxygen atoms in total. The van der Waals surface area contributed by atoms with E-state index in [1.54, 1.807) is 21.6 Å². The van der Waals surface area contributed by atoms with Crippen molar-refractivity contribution in [2.24, 2.45) is 0 Å². The van der Waals surface area contributed by atoms with Crippen molar-refractivity contribution < 1.29 is 13.6 Å². The van der Waals surface area contributed by atoms with Crippen LogP contribution in [0.25, 0.3) is 0 Å². The van der Waals surface area contributed by atoms with Crippen LogP contribution in [0.5, 0.6) is 0 Å². The quantitative estimate of drug-likeness (QED) is 0.589. The molecule has 7 heteroatoms. The van der Waals surface area contributed by atoms with Gasteiger partial charge in [0.2, 0.25) is 0 Å². The SMILES string of the molecule is CN(C)CCSSCCNC(=O)c1cccc(F)c1F. The number of nitrogens with one attached hydrogen (secondary N) is 1. The van der Waals surface area contributed by atoms with Crippen molar-refractivity contribution >= 4 is 27.5 Å². The van der Waals surface area contributed by atoms with Gasteiger partial charge in [-0.1, -0.05) is 27.7 Å². The largest absolute Gasteiger partial charge is 0.351 e. The maximum atomic E-state index is 13.4. The summed E-state index contributed by atoms with van der Waals surface area (Å²) < 4.78 is 26.3. The Hall–Kier alpha value is -0.790. The summed E-state index contributed by atoms with van der Waals surface area (Å²) in [4.78, 5) is 13.8. The van der Waals surface area contributed by atoms with Crippen LogP contribution in [-0.2, 0) is 0 Å². The number of benzene rings is 1. The van der Waals surface area contributed by atoms with Gasteiger partial charge in [-0.2, -0.15) is 0 Å². The van der Waals surface area contributed by atoms with Gasteiger partial charge in [0.05, 0.1) is 5.56 Å². The molecule has 0 radical (unpaired) electrons. The number of carbonyl (C=O) groups is 1. The molecule has 1 aromatic rings. The third-order valence-electron chi connectivity index (χ3n) is 2.37. The summed E-state index contributed by atoms with van der Waals surface area (Å²) in [5.41, 5.74) is -0.254. The Morgan fingerprint density at radius 1 is 1.25 bits per heavy atom. The van der Waals surface area contributed by atoms with E-state index in [0.717, 1.165) is 24.1 Å². The van der Waals surface area contributed by atoms with E-state index >= 15 is 0 Å².